The molecule has 0 saturated heterocycles. The van der Waals surface area contributed by atoms with E-state index in [2.05, 4.69) is 13.8 Å². The number of hydrogen-bond donors (Lipinski definition) is 0. The van der Waals surface area contributed by atoms with Crippen LogP contribution >= 0.6 is 0 Å². The molecule has 0 aliphatic heterocycles. The van der Waals surface area contributed by atoms with Crippen LogP contribution in [-0.4, -0.2) is 23.9 Å². The smallest absolute Gasteiger partial charge is 0.289 e. The van der Waals surface area contributed by atoms with Crippen molar-refractivity contribution in [2.24, 2.45) is 0 Å². The van der Waals surface area contributed by atoms with E-state index in [1.165, 1.54) is 0 Å². The van der Waals surface area contributed by atoms with Crippen LogP contribution in [0.15, 0.2) is 47.1 Å². The van der Waals surface area contributed by atoms with Crippen molar-refractivity contribution < 1.29 is 13.9 Å². The van der Waals surface area contributed by atoms with Crippen LogP contribution in [0.2, 0.25) is 0 Å². The van der Waals surface area contributed by atoms with Gasteiger partial charge in [-0.3, -0.25) is 4.79 Å². The minimum atomic E-state index is -0.0552. The van der Waals surface area contributed by atoms with E-state index in [1.54, 1.807) is 12.3 Å². The summed E-state index contributed by atoms with van der Waals surface area (Å²) in [6.45, 7) is 5.95. The molecule has 1 heterocycles. The van der Waals surface area contributed by atoms with E-state index in [4.69, 9.17) is 9.15 Å². The number of carbonyl (C=O) groups excluding carboxylic acids is 1. The predicted molar refractivity (Wildman–Crippen MR) is 86.0 cm³/mol. The summed E-state index contributed by atoms with van der Waals surface area (Å²) in [5.41, 5.74) is 0.783. The lowest BCUT2D eigenvalue weighted by Gasteiger charge is -2.20. The van der Waals surface area contributed by atoms with Crippen LogP contribution < -0.4 is 4.74 Å². The number of benzene rings is 1. The Kier molecular flexibility index (Phi) is 6.07. The largest absolute Gasteiger partial charge is 0.489 e. The average Bonchev–Trinajstić information content (AvgIpc) is 3.01. The lowest BCUT2D eigenvalue weighted by atomic mass is 10.2. The third kappa shape index (κ3) is 4.13. The van der Waals surface area contributed by atoms with Crippen molar-refractivity contribution in [3.8, 4) is 5.75 Å². The summed E-state index contributed by atoms with van der Waals surface area (Å²) in [6, 6.07) is 11.4. The monoisotopic (exact) mass is 301 g/mol. The number of para-hydroxylation sites is 1. The second kappa shape index (κ2) is 8.27. The van der Waals surface area contributed by atoms with Crippen LogP contribution in [0.4, 0.5) is 0 Å². The Labute approximate surface area is 131 Å². The second-order valence-electron chi connectivity index (χ2n) is 5.17. The van der Waals surface area contributed by atoms with Gasteiger partial charge in [0.15, 0.2) is 5.76 Å². The Balaban J connectivity index is 2.06. The molecule has 118 valence electrons. The fourth-order valence-electron chi connectivity index (χ4n) is 2.31. The van der Waals surface area contributed by atoms with Gasteiger partial charge in [0.1, 0.15) is 12.4 Å². The van der Waals surface area contributed by atoms with Crippen molar-refractivity contribution in [3.05, 3.63) is 54.0 Å². The first-order valence-electron chi connectivity index (χ1n) is 7.79. The Morgan fingerprint density at radius 1 is 1.09 bits per heavy atom. The number of furan rings is 1. The molecule has 2 rings (SSSR count). The van der Waals surface area contributed by atoms with Crippen molar-refractivity contribution in [3.63, 3.8) is 0 Å². The molecule has 0 radical (unpaired) electrons. The zero-order valence-corrected chi connectivity index (χ0v) is 13.2. The van der Waals surface area contributed by atoms with E-state index >= 15 is 0 Å². The Bertz CT molecular complexity index is 571. The molecule has 2 aromatic rings. The van der Waals surface area contributed by atoms with Crippen LogP contribution in [-0.2, 0) is 6.61 Å². The molecular formula is C18H23NO3. The Morgan fingerprint density at radius 3 is 2.41 bits per heavy atom. The third-order valence-corrected chi connectivity index (χ3v) is 3.35. The van der Waals surface area contributed by atoms with E-state index in [0.29, 0.717) is 12.4 Å². The highest BCUT2D eigenvalue weighted by molar-refractivity contribution is 5.92. The summed E-state index contributed by atoms with van der Waals surface area (Å²) >= 11 is 0. The van der Waals surface area contributed by atoms with Crippen LogP contribution in [0.25, 0.3) is 0 Å². The summed E-state index contributed by atoms with van der Waals surface area (Å²) in [5.74, 6) is 1.11. The van der Waals surface area contributed by atoms with E-state index < -0.39 is 0 Å². The average molecular weight is 301 g/mol. The molecule has 0 spiro atoms. The summed E-state index contributed by atoms with van der Waals surface area (Å²) in [4.78, 5) is 14.4. The van der Waals surface area contributed by atoms with E-state index in [1.807, 2.05) is 35.2 Å². The van der Waals surface area contributed by atoms with Crippen LogP contribution in [0.3, 0.4) is 0 Å². The van der Waals surface area contributed by atoms with Gasteiger partial charge in [0.25, 0.3) is 5.91 Å². The van der Waals surface area contributed by atoms with E-state index in [0.717, 1.165) is 37.2 Å². The molecular weight excluding hydrogens is 278 g/mol. The fourth-order valence-corrected chi connectivity index (χ4v) is 2.31. The van der Waals surface area contributed by atoms with Gasteiger partial charge in [-0.2, -0.15) is 0 Å². The highest BCUT2D eigenvalue weighted by atomic mass is 16.5. The number of amides is 1. The maximum Gasteiger partial charge on any atom is 0.289 e. The molecule has 0 fully saturated rings. The minimum Gasteiger partial charge on any atom is -0.489 e. The summed E-state index contributed by atoms with van der Waals surface area (Å²) < 4.78 is 11.1. The Hall–Kier alpha value is -2.23. The van der Waals surface area contributed by atoms with E-state index in [-0.39, 0.29) is 5.91 Å². The molecule has 0 saturated carbocycles. The third-order valence-electron chi connectivity index (χ3n) is 3.35. The van der Waals surface area contributed by atoms with Gasteiger partial charge in [-0.05, 0) is 31.0 Å². The normalized spacial score (nSPS) is 10.5. The predicted octanol–water partition coefficient (Wildman–Crippen LogP) is 4.12. The van der Waals surface area contributed by atoms with Gasteiger partial charge < -0.3 is 14.1 Å². The fraction of sp³-hybridized carbons (Fsp3) is 0.389. The molecule has 22 heavy (non-hydrogen) atoms. The molecule has 1 aromatic carbocycles. The zero-order chi connectivity index (χ0) is 15.8. The highest BCUT2D eigenvalue weighted by Gasteiger charge is 2.21. The Morgan fingerprint density at radius 2 is 1.77 bits per heavy atom. The van der Waals surface area contributed by atoms with Gasteiger partial charge in [0.05, 0.1) is 6.26 Å². The molecule has 1 amide bonds. The topological polar surface area (TPSA) is 42.7 Å². The van der Waals surface area contributed by atoms with Crippen molar-refractivity contribution in [2.45, 2.75) is 33.3 Å². The first-order valence-corrected chi connectivity index (χ1v) is 7.79. The number of carbonyl (C=O) groups is 1. The molecule has 0 unspecified atom stereocenters. The molecule has 0 N–H and O–H groups in total. The summed E-state index contributed by atoms with van der Waals surface area (Å²) in [7, 11) is 0. The van der Waals surface area contributed by atoms with E-state index in [9.17, 15) is 4.79 Å². The van der Waals surface area contributed by atoms with Crippen LogP contribution in [0.5, 0.6) is 5.75 Å². The molecule has 0 bridgehead atoms. The van der Waals surface area contributed by atoms with Gasteiger partial charge in [-0.1, -0.05) is 32.0 Å². The standard InChI is InChI=1S/C18H23NO3/c1-3-11-19(12-4-2)18(20)17-15(10-13-21-17)14-22-16-8-6-5-7-9-16/h5-10,13H,3-4,11-12,14H2,1-2H3. The lowest BCUT2D eigenvalue weighted by molar-refractivity contribution is 0.0720. The summed E-state index contributed by atoms with van der Waals surface area (Å²) in [5, 5.41) is 0. The molecule has 0 atom stereocenters. The molecule has 4 nitrogen and oxygen atoms in total. The van der Waals surface area contributed by atoms with Gasteiger partial charge in [0.2, 0.25) is 0 Å². The molecule has 0 aliphatic rings. The lowest BCUT2D eigenvalue weighted by Crippen LogP contribution is -2.32. The quantitative estimate of drug-likeness (QED) is 0.736. The van der Waals surface area contributed by atoms with Crippen molar-refractivity contribution in [2.75, 3.05) is 13.1 Å². The highest BCUT2D eigenvalue weighted by Crippen LogP contribution is 2.17. The van der Waals surface area contributed by atoms with Crippen LogP contribution in [0, 0.1) is 0 Å². The minimum absolute atomic E-state index is 0.0552. The first-order chi connectivity index (χ1) is 10.8. The number of hydrogen-bond acceptors (Lipinski definition) is 3. The van der Waals surface area contributed by atoms with Crippen molar-refractivity contribution >= 4 is 5.91 Å². The van der Waals surface area contributed by atoms with Gasteiger partial charge in [-0.15, -0.1) is 0 Å². The number of nitrogens with zero attached hydrogens (tertiary/aromatic N) is 1. The first kappa shape index (κ1) is 16.1. The summed E-state index contributed by atoms with van der Waals surface area (Å²) in [6.07, 6.45) is 3.41. The SMILES string of the molecule is CCCN(CCC)C(=O)c1occc1COc1ccccc1. The van der Waals surface area contributed by atoms with Crippen LogP contribution in [0.1, 0.15) is 42.8 Å². The van der Waals surface area contributed by atoms with Gasteiger partial charge >= 0.3 is 0 Å². The molecule has 0 aliphatic carbocycles. The molecule has 4 heteroatoms. The number of rotatable bonds is 8. The second-order valence-corrected chi connectivity index (χ2v) is 5.17. The van der Waals surface area contributed by atoms with Crippen molar-refractivity contribution in [1.82, 2.24) is 4.90 Å². The molecule has 1 aromatic heterocycles. The maximum absolute atomic E-state index is 12.6. The van der Waals surface area contributed by atoms with Crippen molar-refractivity contribution in [1.29, 1.82) is 0 Å². The zero-order valence-electron chi connectivity index (χ0n) is 13.2. The maximum atomic E-state index is 12.6. The van der Waals surface area contributed by atoms with Gasteiger partial charge in [-0.25, -0.2) is 0 Å². The van der Waals surface area contributed by atoms with Gasteiger partial charge in [0, 0.05) is 18.7 Å². The number of ether oxygens (including phenoxy) is 1.